The zero-order valence-corrected chi connectivity index (χ0v) is 17.9. The van der Waals surface area contributed by atoms with Gasteiger partial charge in [0.15, 0.2) is 0 Å². The van der Waals surface area contributed by atoms with Crippen molar-refractivity contribution in [1.29, 1.82) is 0 Å². The number of cyclic esters (lactones) is 1. The van der Waals surface area contributed by atoms with E-state index in [4.69, 9.17) is 4.74 Å². The van der Waals surface area contributed by atoms with Gasteiger partial charge in [-0.1, -0.05) is 37.8 Å². The van der Waals surface area contributed by atoms with Gasteiger partial charge in [-0.05, 0) is 100 Å². The maximum Gasteiger partial charge on any atom is 0.309 e. The fraction of sp³-hybridized carbons (Fsp3) is 0.720. The summed E-state index contributed by atoms with van der Waals surface area (Å²) in [5.74, 6) is 1.96. The summed E-state index contributed by atoms with van der Waals surface area (Å²) in [6, 6.07) is 4.62. The summed E-state index contributed by atoms with van der Waals surface area (Å²) < 4.78 is 5.42. The number of hydrogen-bond acceptors (Lipinski definition) is 2. The monoisotopic (exact) mass is 370 g/mol. The molecule has 0 bridgehead atoms. The third-order valence-corrected chi connectivity index (χ3v) is 7.45. The molecule has 1 saturated carbocycles. The fourth-order valence-corrected chi connectivity index (χ4v) is 5.06. The first-order valence-electron chi connectivity index (χ1n) is 11.2. The molecule has 1 saturated heterocycles. The Morgan fingerprint density at radius 3 is 2.19 bits per heavy atom. The van der Waals surface area contributed by atoms with Gasteiger partial charge in [-0.2, -0.15) is 0 Å². The zero-order chi connectivity index (χ0) is 19.4. The highest BCUT2D eigenvalue weighted by atomic mass is 16.5. The van der Waals surface area contributed by atoms with Crippen molar-refractivity contribution >= 4 is 5.97 Å². The molecule has 0 aromatic heterocycles. The van der Waals surface area contributed by atoms with E-state index < -0.39 is 0 Å². The van der Waals surface area contributed by atoms with Crippen LogP contribution >= 0.6 is 0 Å². The number of carbonyl (C=O) groups excluding carboxylic acids is 1. The Morgan fingerprint density at radius 1 is 0.852 bits per heavy atom. The van der Waals surface area contributed by atoms with Crippen LogP contribution in [0, 0.1) is 38.5 Å². The Bertz CT molecular complexity index is 640. The summed E-state index contributed by atoms with van der Waals surface area (Å²) in [6.45, 7) is 8.75. The molecule has 2 heteroatoms. The molecule has 2 atom stereocenters. The van der Waals surface area contributed by atoms with Crippen LogP contribution in [0.4, 0.5) is 0 Å². The van der Waals surface area contributed by atoms with Crippen LogP contribution < -0.4 is 0 Å². The number of rotatable bonds is 6. The van der Waals surface area contributed by atoms with Crippen LogP contribution in [0.2, 0.25) is 0 Å². The predicted molar refractivity (Wildman–Crippen MR) is 112 cm³/mol. The second-order valence-electron chi connectivity index (χ2n) is 9.32. The van der Waals surface area contributed by atoms with Crippen LogP contribution in [0.1, 0.15) is 87.0 Å². The molecule has 2 unspecified atom stereocenters. The van der Waals surface area contributed by atoms with Gasteiger partial charge >= 0.3 is 5.97 Å². The Morgan fingerprint density at radius 2 is 1.52 bits per heavy atom. The van der Waals surface area contributed by atoms with Gasteiger partial charge in [0, 0.05) is 0 Å². The van der Waals surface area contributed by atoms with Crippen LogP contribution in [-0.4, -0.2) is 12.1 Å². The van der Waals surface area contributed by atoms with E-state index in [0.29, 0.717) is 0 Å². The highest BCUT2D eigenvalue weighted by Gasteiger charge is 2.29. The Kier molecular flexibility index (Phi) is 7.00. The standard InChI is InChI=1S/C25H38O2/c1-17-5-13-23(20(4)19(17)3)15-11-21-7-9-22(10-8-21)12-16-24-14-6-18(2)27-25(24)26/h5,13,18,21-22,24H,6-12,14-16H2,1-4H3. The lowest BCUT2D eigenvalue weighted by molar-refractivity contribution is -0.159. The molecule has 2 aliphatic rings. The molecular weight excluding hydrogens is 332 g/mol. The highest BCUT2D eigenvalue weighted by molar-refractivity contribution is 5.73. The number of ether oxygens (including phenoxy) is 1. The van der Waals surface area contributed by atoms with E-state index >= 15 is 0 Å². The van der Waals surface area contributed by atoms with Crippen molar-refractivity contribution in [3.05, 3.63) is 34.4 Å². The lowest BCUT2D eigenvalue weighted by Gasteiger charge is -2.31. The summed E-state index contributed by atoms with van der Waals surface area (Å²) in [6.07, 6.45) is 12.5. The van der Waals surface area contributed by atoms with Gasteiger partial charge in [0.1, 0.15) is 0 Å². The number of carbonyl (C=O) groups is 1. The van der Waals surface area contributed by atoms with Gasteiger partial charge in [-0.3, -0.25) is 4.79 Å². The molecule has 0 N–H and O–H groups in total. The summed E-state index contributed by atoms with van der Waals surface area (Å²) in [5, 5.41) is 0. The smallest absolute Gasteiger partial charge is 0.309 e. The lowest BCUT2D eigenvalue weighted by Crippen LogP contribution is -2.29. The number of aryl methyl sites for hydroxylation is 2. The molecular formula is C25H38O2. The van der Waals surface area contributed by atoms with Crippen LogP contribution in [0.3, 0.4) is 0 Å². The van der Waals surface area contributed by atoms with Crippen molar-refractivity contribution in [2.24, 2.45) is 17.8 Å². The molecule has 1 aliphatic carbocycles. The van der Waals surface area contributed by atoms with Crippen molar-refractivity contribution < 1.29 is 9.53 Å². The van der Waals surface area contributed by atoms with Gasteiger partial charge in [-0.15, -0.1) is 0 Å². The summed E-state index contributed by atoms with van der Waals surface area (Å²) in [7, 11) is 0. The first-order valence-corrected chi connectivity index (χ1v) is 11.2. The van der Waals surface area contributed by atoms with E-state index in [2.05, 4.69) is 32.9 Å². The number of hydrogen-bond donors (Lipinski definition) is 0. The van der Waals surface area contributed by atoms with Gasteiger partial charge in [0.05, 0.1) is 12.0 Å². The highest BCUT2D eigenvalue weighted by Crippen LogP contribution is 2.36. The van der Waals surface area contributed by atoms with Gasteiger partial charge < -0.3 is 4.74 Å². The second-order valence-corrected chi connectivity index (χ2v) is 9.32. The minimum Gasteiger partial charge on any atom is -0.462 e. The third-order valence-electron chi connectivity index (χ3n) is 7.45. The Balaban J connectivity index is 1.38. The maximum absolute atomic E-state index is 12.0. The third kappa shape index (κ3) is 5.36. The molecule has 0 radical (unpaired) electrons. The van der Waals surface area contributed by atoms with Gasteiger partial charge in [0.2, 0.25) is 0 Å². The molecule has 1 heterocycles. The molecule has 1 aliphatic heterocycles. The average Bonchev–Trinajstić information content (AvgIpc) is 2.66. The second kappa shape index (κ2) is 9.26. The topological polar surface area (TPSA) is 26.3 Å². The van der Waals surface area contributed by atoms with Crippen molar-refractivity contribution in [1.82, 2.24) is 0 Å². The lowest BCUT2D eigenvalue weighted by atomic mass is 9.76. The number of esters is 1. The van der Waals surface area contributed by atoms with Crippen LogP contribution in [-0.2, 0) is 16.0 Å². The summed E-state index contributed by atoms with van der Waals surface area (Å²) in [4.78, 5) is 12.0. The molecule has 0 amide bonds. The predicted octanol–water partition coefficient (Wildman–Crippen LogP) is 6.47. The summed E-state index contributed by atoms with van der Waals surface area (Å²) in [5.41, 5.74) is 5.92. The van der Waals surface area contributed by atoms with Crippen molar-refractivity contribution in [2.45, 2.75) is 98.0 Å². The maximum atomic E-state index is 12.0. The SMILES string of the molecule is Cc1ccc(CCC2CCC(CCC3CCC(C)OC3=O)CC2)c(C)c1C. The largest absolute Gasteiger partial charge is 0.462 e. The average molecular weight is 371 g/mol. The Labute approximate surface area is 166 Å². The first-order chi connectivity index (χ1) is 12.9. The molecule has 3 rings (SSSR count). The molecule has 150 valence electrons. The minimum absolute atomic E-state index is 0.0613. The number of benzene rings is 1. The minimum atomic E-state index is 0.0613. The summed E-state index contributed by atoms with van der Waals surface area (Å²) >= 11 is 0. The van der Waals surface area contributed by atoms with Crippen LogP contribution in [0.5, 0.6) is 0 Å². The van der Waals surface area contributed by atoms with E-state index in [0.717, 1.165) is 31.1 Å². The molecule has 27 heavy (non-hydrogen) atoms. The van der Waals surface area contributed by atoms with E-state index in [1.165, 1.54) is 61.6 Å². The van der Waals surface area contributed by atoms with E-state index in [9.17, 15) is 4.79 Å². The molecule has 1 aromatic rings. The molecule has 2 nitrogen and oxygen atoms in total. The van der Waals surface area contributed by atoms with Crippen LogP contribution in [0.25, 0.3) is 0 Å². The molecule has 2 fully saturated rings. The van der Waals surface area contributed by atoms with Crippen molar-refractivity contribution in [3.63, 3.8) is 0 Å². The Hall–Kier alpha value is -1.31. The van der Waals surface area contributed by atoms with Crippen molar-refractivity contribution in [3.8, 4) is 0 Å². The first kappa shape index (κ1) is 20.4. The van der Waals surface area contributed by atoms with Crippen LogP contribution in [0.15, 0.2) is 12.1 Å². The fourth-order valence-electron chi connectivity index (χ4n) is 5.06. The van der Waals surface area contributed by atoms with Crippen molar-refractivity contribution in [2.75, 3.05) is 0 Å². The normalized spacial score (nSPS) is 28.8. The molecule has 0 spiro atoms. The molecule has 1 aromatic carbocycles. The van der Waals surface area contributed by atoms with E-state index in [-0.39, 0.29) is 18.0 Å². The van der Waals surface area contributed by atoms with E-state index in [1.54, 1.807) is 5.56 Å². The zero-order valence-electron chi connectivity index (χ0n) is 17.9. The van der Waals surface area contributed by atoms with Gasteiger partial charge in [0.25, 0.3) is 0 Å². The van der Waals surface area contributed by atoms with E-state index in [1.807, 2.05) is 6.92 Å². The van der Waals surface area contributed by atoms with Gasteiger partial charge in [-0.25, -0.2) is 0 Å². The quantitative estimate of drug-likeness (QED) is 0.536.